The summed E-state index contributed by atoms with van der Waals surface area (Å²) in [5, 5.41) is 9.03. The average Bonchev–Trinajstić information content (AvgIpc) is 2.62. The molecule has 1 aromatic rings. The Balaban J connectivity index is 1.81. The van der Waals surface area contributed by atoms with Crippen LogP contribution >= 0.6 is 0 Å². The van der Waals surface area contributed by atoms with E-state index in [2.05, 4.69) is 35.2 Å². The maximum atomic E-state index is 9.03. The van der Waals surface area contributed by atoms with Gasteiger partial charge in [0.1, 0.15) is 0 Å². The molecule has 0 amide bonds. The second-order valence-electron chi connectivity index (χ2n) is 6.21. The van der Waals surface area contributed by atoms with E-state index in [9.17, 15) is 0 Å². The fraction of sp³-hybridized carbons (Fsp3) is 0.588. The zero-order valence-electron chi connectivity index (χ0n) is 12.2. The van der Waals surface area contributed by atoms with Crippen LogP contribution in [0, 0.1) is 16.7 Å². The lowest BCUT2D eigenvalue weighted by atomic mass is 9.90. The Morgan fingerprint density at radius 2 is 1.74 bits per heavy atom. The largest absolute Gasteiger partial charge is 0.303 e. The molecule has 0 radical (unpaired) electrons. The van der Waals surface area contributed by atoms with Crippen LogP contribution in [0.15, 0.2) is 24.3 Å². The van der Waals surface area contributed by atoms with Crippen molar-refractivity contribution in [2.45, 2.75) is 39.5 Å². The van der Waals surface area contributed by atoms with Crippen molar-refractivity contribution in [2.75, 3.05) is 19.6 Å². The monoisotopic (exact) mass is 256 g/mol. The molecule has 0 saturated carbocycles. The molecule has 0 bridgehead atoms. The minimum Gasteiger partial charge on any atom is -0.303 e. The molecule has 0 fully saturated rings. The molecular weight excluding hydrogens is 232 g/mol. The van der Waals surface area contributed by atoms with E-state index < -0.39 is 0 Å². The minimum absolute atomic E-state index is 0.172. The van der Waals surface area contributed by atoms with Gasteiger partial charge >= 0.3 is 0 Å². The van der Waals surface area contributed by atoms with E-state index in [0.717, 1.165) is 45.3 Å². The fourth-order valence-electron chi connectivity index (χ4n) is 2.74. The van der Waals surface area contributed by atoms with Gasteiger partial charge in [0.25, 0.3) is 0 Å². The highest BCUT2D eigenvalue weighted by molar-refractivity contribution is 5.28. The summed E-state index contributed by atoms with van der Waals surface area (Å²) in [6, 6.07) is 11.2. The molecule has 0 aliphatic carbocycles. The Kier molecular flexibility index (Phi) is 4.61. The molecule has 102 valence electrons. The first-order valence-electron chi connectivity index (χ1n) is 7.31. The summed E-state index contributed by atoms with van der Waals surface area (Å²) in [6.45, 7) is 7.50. The number of nitrogens with zero attached hydrogens (tertiary/aromatic N) is 2. The highest BCUT2D eigenvalue weighted by Crippen LogP contribution is 2.21. The van der Waals surface area contributed by atoms with Gasteiger partial charge in [0.2, 0.25) is 0 Å². The molecular formula is C17H24N2. The van der Waals surface area contributed by atoms with Gasteiger partial charge in [0.05, 0.1) is 11.5 Å². The Hall–Kier alpha value is -1.33. The van der Waals surface area contributed by atoms with Crippen LogP contribution in [0.5, 0.6) is 0 Å². The van der Waals surface area contributed by atoms with Crippen LogP contribution in [0.25, 0.3) is 0 Å². The van der Waals surface area contributed by atoms with Crippen molar-refractivity contribution < 1.29 is 0 Å². The Morgan fingerprint density at radius 1 is 1.16 bits per heavy atom. The first-order chi connectivity index (χ1) is 9.11. The molecule has 1 aromatic carbocycles. The summed E-state index contributed by atoms with van der Waals surface area (Å²) in [5.41, 5.74) is 2.86. The topological polar surface area (TPSA) is 27.0 Å². The second-order valence-corrected chi connectivity index (χ2v) is 6.21. The van der Waals surface area contributed by atoms with Gasteiger partial charge < -0.3 is 4.90 Å². The molecule has 0 N–H and O–H groups in total. The van der Waals surface area contributed by atoms with Gasteiger partial charge in [-0.2, -0.15) is 5.26 Å². The SMILES string of the molecule is CC(C)(C#N)CCCN1CCc2ccccc2CC1. The number of rotatable bonds is 4. The molecule has 1 aliphatic rings. The van der Waals surface area contributed by atoms with Crippen molar-refractivity contribution in [2.24, 2.45) is 5.41 Å². The van der Waals surface area contributed by atoms with Crippen LogP contribution in [-0.4, -0.2) is 24.5 Å². The van der Waals surface area contributed by atoms with E-state index >= 15 is 0 Å². The van der Waals surface area contributed by atoms with Gasteiger partial charge in [0.15, 0.2) is 0 Å². The first-order valence-corrected chi connectivity index (χ1v) is 7.31. The smallest absolute Gasteiger partial charge is 0.0683 e. The summed E-state index contributed by atoms with van der Waals surface area (Å²) in [7, 11) is 0. The van der Waals surface area contributed by atoms with E-state index in [0.29, 0.717) is 0 Å². The van der Waals surface area contributed by atoms with E-state index in [4.69, 9.17) is 5.26 Å². The Morgan fingerprint density at radius 3 is 2.26 bits per heavy atom. The molecule has 0 aromatic heterocycles. The molecule has 1 heterocycles. The first kappa shape index (κ1) is 14.1. The lowest BCUT2D eigenvalue weighted by Gasteiger charge is -2.22. The number of hydrogen-bond donors (Lipinski definition) is 0. The van der Waals surface area contributed by atoms with E-state index in [1.54, 1.807) is 0 Å². The third-order valence-corrected chi connectivity index (χ3v) is 4.09. The highest BCUT2D eigenvalue weighted by atomic mass is 15.1. The minimum atomic E-state index is -0.172. The van der Waals surface area contributed by atoms with Crippen LogP contribution in [0.4, 0.5) is 0 Å². The molecule has 2 heteroatoms. The van der Waals surface area contributed by atoms with Crippen molar-refractivity contribution in [1.82, 2.24) is 4.90 Å². The van der Waals surface area contributed by atoms with Crippen LogP contribution in [-0.2, 0) is 12.8 Å². The van der Waals surface area contributed by atoms with Crippen LogP contribution in [0.1, 0.15) is 37.8 Å². The standard InChI is InChI=1S/C17H24N2/c1-17(2,14-18)10-5-11-19-12-8-15-6-3-4-7-16(15)9-13-19/h3-4,6-7H,5,8-13H2,1-2H3. The summed E-state index contributed by atoms with van der Waals surface area (Å²) >= 11 is 0. The average molecular weight is 256 g/mol. The normalized spacial score (nSPS) is 16.5. The van der Waals surface area contributed by atoms with Crippen molar-refractivity contribution >= 4 is 0 Å². The van der Waals surface area contributed by atoms with Gasteiger partial charge in [-0.15, -0.1) is 0 Å². The van der Waals surface area contributed by atoms with Crippen molar-refractivity contribution in [3.05, 3.63) is 35.4 Å². The predicted molar refractivity (Wildman–Crippen MR) is 78.9 cm³/mol. The maximum Gasteiger partial charge on any atom is 0.0683 e. The zero-order valence-corrected chi connectivity index (χ0v) is 12.2. The molecule has 1 aliphatic heterocycles. The molecule has 0 atom stereocenters. The molecule has 0 saturated heterocycles. The molecule has 19 heavy (non-hydrogen) atoms. The number of benzene rings is 1. The highest BCUT2D eigenvalue weighted by Gasteiger charge is 2.18. The zero-order chi connectivity index (χ0) is 13.7. The van der Waals surface area contributed by atoms with Crippen molar-refractivity contribution in [3.8, 4) is 6.07 Å². The van der Waals surface area contributed by atoms with Gasteiger partial charge in [-0.3, -0.25) is 0 Å². The lowest BCUT2D eigenvalue weighted by Crippen LogP contribution is -2.28. The summed E-state index contributed by atoms with van der Waals surface area (Å²) in [6.07, 6.45) is 4.44. The van der Waals surface area contributed by atoms with E-state index in [1.807, 2.05) is 13.8 Å². The van der Waals surface area contributed by atoms with Crippen LogP contribution in [0.3, 0.4) is 0 Å². The molecule has 0 spiro atoms. The third-order valence-electron chi connectivity index (χ3n) is 4.09. The fourth-order valence-corrected chi connectivity index (χ4v) is 2.74. The summed E-state index contributed by atoms with van der Waals surface area (Å²) < 4.78 is 0. The summed E-state index contributed by atoms with van der Waals surface area (Å²) in [5.74, 6) is 0. The summed E-state index contributed by atoms with van der Waals surface area (Å²) in [4.78, 5) is 2.55. The number of fused-ring (bicyclic) bond motifs is 1. The predicted octanol–water partition coefficient (Wildman–Crippen LogP) is 3.42. The maximum absolute atomic E-state index is 9.03. The Labute approximate surface area is 117 Å². The van der Waals surface area contributed by atoms with Crippen LogP contribution < -0.4 is 0 Å². The van der Waals surface area contributed by atoms with Crippen molar-refractivity contribution in [1.29, 1.82) is 5.26 Å². The lowest BCUT2D eigenvalue weighted by molar-refractivity contribution is 0.267. The number of hydrogen-bond acceptors (Lipinski definition) is 2. The van der Waals surface area contributed by atoms with Gasteiger partial charge in [-0.05, 0) is 57.2 Å². The van der Waals surface area contributed by atoms with Crippen molar-refractivity contribution in [3.63, 3.8) is 0 Å². The second kappa shape index (κ2) is 6.21. The van der Waals surface area contributed by atoms with Gasteiger partial charge in [-0.1, -0.05) is 24.3 Å². The van der Waals surface area contributed by atoms with Gasteiger partial charge in [-0.25, -0.2) is 0 Å². The molecule has 2 nitrogen and oxygen atoms in total. The Bertz CT molecular complexity index is 430. The molecule has 0 unspecified atom stereocenters. The number of nitriles is 1. The quantitative estimate of drug-likeness (QED) is 0.825. The van der Waals surface area contributed by atoms with Crippen LogP contribution in [0.2, 0.25) is 0 Å². The van der Waals surface area contributed by atoms with E-state index in [1.165, 1.54) is 11.1 Å². The van der Waals surface area contributed by atoms with Gasteiger partial charge in [0, 0.05) is 13.1 Å². The van der Waals surface area contributed by atoms with E-state index in [-0.39, 0.29) is 5.41 Å². The molecule has 2 rings (SSSR count). The third kappa shape index (κ3) is 4.08.